The van der Waals surface area contributed by atoms with Crippen LogP contribution < -0.4 is 0 Å². The highest BCUT2D eigenvalue weighted by Gasteiger charge is 2.47. The van der Waals surface area contributed by atoms with Crippen LogP contribution in [0.25, 0.3) is 0 Å². The van der Waals surface area contributed by atoms with Crippen molar-refractivity contribution in [3.05, 3.63) is 0 Å². The van der Waals surface area contributed by atoms with Gasteiger partial charge in [-0.25, -0.2) is 4.79 Å². The van der Waals surface area contributed by atoms with Crippen molar-refractivity contribution in [3.8, 4) is 0 Å². The molecule has 0 heterocycles. The van der Waals surface area contributed by atoms with Gasteiger partial charge in [-0.05, 0) is 53.1 Å². The first kappa shape index (κ1) is 24.3. The van der Waals surface area contributed by atoms with Gasteiger partial charge in [-0.2, -0.15) is 0 Å². The molecule has 0 bridgehead atoms. The molecule has 0 aromatic heterocycles. The molecule has 0 amide bonds. The van der Waals surface area contributed by atoms with Gasteiger partial charge in [-0.1, -0.05) is 41.5 Å². The van der Waals surface area contributed by atoms with E-state index in [1.807, 2.05) is 6.92 Å². The zero-order valence-corrected chi connectivity index (χ0v) is 19.5. The summed E-state index contributed by atoms with van der Waals surface area (Å²) in [6.07, 6.45) is -1.48. The van der Waals surface area contributed by atoms with Crippen molar-refractivity contribution in [1.29, 1.82) is 0 Å². The van der Waals surface area contributed by atoms with E-state index in [0.717, 1.165) is 0 Å². The molecule has 0 saturated carbocycles. The number of hydrogen-bond acceptors (Lipinski definition) is 5. The van der Waals surface area contributed by atoms with Gasteiger partial charge in [0.2, 0.25) is 8.32 Å². The van der Waals surface area contributed by atoms with Crippen LogP contribution in [0.15, 0.2) is 0 Å². The van der Waals surface area contributed by atoms with Gasteiger partial charge >= 0.3 is 5.97 Å². The maximum absolute atomic E-state index is 11.4. The number of aliphatic hydroxyl groups is 1. The summed E-state index contributed by atoms with van der Waals surface area (Å²) in [6.45, 7) is 17.2. The minimum atomic E-state index is -1.99. The lowest BCUT2D eigenvalue weighted by Gasteiger charge is -2.44. The summed E-state index contributed by atoms with van der Waals surface area (Å²) in [5, 5.41) is 9.74. The number of carbonyl (C=O) groups is 1. The maximum atomic E-state index is 11.4. The fourth-order valence-electron chi connectivity index (χ4n) is 3.32. The molecule has 0 saturated heterocycles. The number of rotatable bonds is 11. The molecule has 0 fully saturated rings. The molecule has 0 aliphatic heterocycles. The number of carbonyl (C=O) groups excluding carboxylic acids is 1. The van der Waals surface area contributed by atoms with Crippen molar-refractivity contribution in [2.75, 3.05) is 13.2 Å². The molecular weight excluding hydrogens is 439 g/mol. The Kier molecular flexibility index (Phi) is 11.2. The maximum Gasteiger partial charge on any atom is 0.337 e. The number of alkyl halides is 1. The van der Waals surface area contributed by atoms with E-state index in [2.05, 4.69) is 64.1 Å². The highest BCUT2D eigenvalue weighted by molar-refractivity contribution is 14.1. The second-order valence-corrected chi connectivity index (χ2v) is 13.7. The smallest absolute Gasteiger partial charge is 0.337 e. The van der Waals surface area contributed by atoms with Crippen LogP contribution in [0.5, 0.6) is 0 Å². The summed E-state index contributed by atoms with van der Waals surface area (Å²) in [6, 6.07) is 0. The van der Waals surface area contributed by atoms with Crippen LogP contribution in [0.2, 0.25) is 16.6 Å². The van der Waals surface area contributed by atoms with Gasteiger partial charge in [-0.15, -0.1) is 0 Å². The topological polar surface area (TPSA) is 65.0 Å². The molecule has 1 N–H and O–H groups in total. The van der Waals surface area contributed by atoms with Gasteiger partial charge in [0, 0.05) is 0 Å². The highest BCUT2D eigenvalue weighted by atomic mass is 127. The molecule has 3 atom stereocenters. The molecule has 0 rings (SSSR count). The third-order valence-corrected chi connectivity index (χ3v) is 12.3. The molecule has 144 valence electrons. The molecule has 0 aromatic carbocycles. The highest BCUT2D eigenvalue weighted by Crippen LogP contribution is 2.44. The lowest BCUT2D eigenvalue weighted by Crippen LogP contribution is -2.51. The minimum absolute atomic E-state index is 0.0809. The Hall–Kier alpha value is 0.297. The van der Waals surface area contributed by atoms with Crippen LogP contribution in [0.1, 0.15) is 55.4 Å². The summed E-state index contributed by atoms with van der Waals surface area (Å²) in [4.78, 5) is 11.4. The molecule has 5 nitrogen and oxygen atoms in total. The Morgan fingerprint density at radius 1 is 1.04 bits per heavy atom. The summed E-state index contributed by atoms with van der Waals surface area (Å²) >= 11 is 2.26. The predicted molar refractivity (Wildman–Crippen MR) is 108 cm³/mol. The van der Waals surface area contributed by atoms with E-state index in [0.29, 0.717) is 16.6 Å². The van der Waals surface area contributed by atoms with Gasteiger partial charge in [0.05, 0.1) is 19.3 Å². The summed E-state index contributed by atoms with van der Waals surface area (Å²) in [7, 11) is -1.99. The van der Waals surface area contributed by atoms with Crippen LogP contribution in [0, 0.1) is 0 Å². The van der Waals surface area contributed by atoms with Gasteiger partial charge < -0.3 is 19.0 Å². The largest absolute Gasteiger partial charge is 0.464 e. The normalized spacial score (nSPS) is 16.5. The zero-order chi connectivity index (χ0) is 19.1. The van der Waals surface area contributed by atoms with E-state index in [1.165, 1.54) is 0 Å². The van der Waals surface area contributed by atoms with Crippen molar-refractivity contribution >= 4 is 36.9 Å². The minimum Gasteiger partial charge on any atom is -0.464 e. The molecular formula is C17H35IO5Si. The molecule has 0 aromatic rings. The van der Waals surface area contributed by atoms with Crippen molar-refractivity contribution in [1.82, 2.24) is 0 Å². The Labute approximate surface area is 162 Å². The predicted octanol–water partition coefficient (Wildman–Crippen LogP) is 4.27. The van der Waals surface area contributed by atoms with E-state index in [9.17, 15) is 9.90 Å². The lowest BCUT2D eigenvalue weighted by molar-refractivity contribution is -0.157. The number of esters is 1. The summed E-state index contributed by atoms with van der Waals surface area (Å²) < 4.78 is 16.9. The molecule has 0 spiro atoms. The molecule has 0 aliphatic carbocycles. The number of halogens is 1. The fourth-order valence-corrected chi connectivity index (χ4v) is 10.3. The molecule has 24 heavy (non-hydrogen) atoms. The van der Waals surface area contributed by atoms with Crippen LogP contribution in [0.3, 0.4) is 0 Å². The van der Waals surface area contributed by atoms with Crippen molar-refractivity contribution in [2.24, 2.45) is 0 Å². The zero-order valence-electron chi connectivity index (χ0n) is 16.3. The lowest BCUT2D eigenvalue weighted by atomic mass is 10.3. The summed E-state index contributed by atoms with van der Waals surface area (Å²) in [5.74, 6) is -0.647. The number of aliphatic hydroxyl groups excluding tert-OH is 1. The van der Waals surface area contributed by atoms with Crippen LogP contribution in [-0.4, -0.2) is 48.9 Å². The molecule has 2 unspecified atom stereocenters. The van der Waals surface area contributed by atoms with Gasteiger partial charge in [0.1, 0.15) is 4.11 Å². The Morgan fingerprint density at radius 3 is 1.88 bits per heavy atom. The van der Waals surface area contributed by atoms with Gasteiger partial charge in [0.15, 0.2) is 6.10 Å². The first-order valence-corrected chi connectivity index (χ1v) is 12.2. The molecule has 0 aliphatic rings. The quantitative estimate of drug-likeness (QED) is 0.210. The average Bonchev–Trinajstić information content (AvgIpc) is 2.48. The fraction of sp³-hybridized carbons (Fsp3) is 0.941. The molecule has 0 radical (unpaired) electrons. The van der Waals surface area contributed by atoms with Crippen molar-refractivity contribution in [3.63, 3.8) is 0 Å². The monoisotopic (exact) mass is 474 g/mol. The van der Waals surface area contributed by atoms with Gasteiger partial charge in [-0.3, -0.25) is 0 Å². The second-order valence-electron chi connectivity index (χ2n) is 7.09. The van der Waals surface area contributed by atoms with E-state index in [-0.39, 0.29) is 23.4 Å². The van der Waals surface area contributed by atoms with E-state index >= 15 is 0 Å². The molecule has 7 heteroatoms. The Bertz CT molecular complexity index is 354. The third kappa shape index (κ3) is 6.55. The van der Waals surface area contributed by atoms with Crippen LogP contribution >= 0.6 is 22.6 Å². The second kappa shape index (κ2) is 11.1. The Morgan fingerprint density at radius 2 is 1.50 bits per heavy atom. The van der Waals surface area contributed by atoms with Crippen LogP contribution in [-0.2, 0) is 18.7 Å². The average molecular weight is 474 g/mol. The van der Waals surface area contributed by atoms with E-state index in [1.54, 1.807) is 6.92 Å². The van der Waals surface area contributed by atoms with Gasteiger partial charge in [0.25, 0.3) is 0 Å². The number of hydrogen-bond donors (Lipinski definition) is 1. The first-order chi connectivity index (χ1) is 11.0. The van der Waals surface area contributed by atoms with E-state index in [4.69, 9.17) is 13.9 Å². The first-order valence-electron chi connectivity index (χ1n) is 8.78. The Balaban J connectivity index is 4.82. The van der Waals surface area contributed by atoms with Crippen LogP contribution in [0.4, 0.5) is 0 Å². The standard InChI is InChI=1S/C17H35IO5Si/c1-9-21-17(20)15(19)10-22-14(8)16(18)23-24(11(2)3,12(4)5)13(6)7/h11-16,19H,9-10H2,1-8H3/t14?,15?,16-/m0/s1. The summed E-state index contributed by atoms with van der Waals surface area (Å²) in [5.41, 5.74) is 1.48. The van der Waals surface area contributed by atoms with Crippen molar-refractivity contribution < 1.29 is 23.8 Å². The SMILES string of the molecule is CCOC(=O)C(O)COC(C)[C@@H](I)O[Si](C(C)C)(C(C)C)C(C)C. The van der Waals surface area contributed by atoms with Crippen molar-refractivity contribution in [2.45, 2.75) is 88.3 Å². The third-order valence-electron chi connectivity index (χ3n) is 4.47. The van der Waals surface area contributed by atoms with E-state index < -0.39 is 20.4 Å². The number of ether oxygens (including phenoxy) is 2.